The zero-order valence-electron chi connectivity index (χ0n) is 12.5. The molecular formula is C17H20ClNO2S. The summed E-state index contributed by atoms with van der Waals surface area (Å²) in [5.74, 6) is 0.560. The van der Waals surface area contributed by atoms with Gasteiger partial charge in [-0.1, -0.05) is 36.9 Å². The molecule has 1 aliphatic carbocycles. The van der Waals surface area contributed by atoms with Gasteiger partial charge in [0.05, 0.1) is 16.1 Å². The zero-order chi connectivity index (χ0) is 15.5. The molecule has 118 valence electrons. The first-order valence-corrected chi connectivity index (χ1v) is 9.37. The lowest BCUT2D eigenvalue weighted by molar-refractivity contribution is 0.0655. The van der Waals surface area contributed by atoms with Crippen molar-refractivity contribution in [3.8, 4) is 0 Å². The highest BCUT2D eigenvalue weighted by Crippen LogP contribution is 2.31. The maximum absolute atomic E-state index is 12.3. The predicted octanol–water partition coefficient (Wildman–Crippen LogP) is 4.39. The van der Waals surface area contributed by atoms with Gasteiger partial charge in [0.2, 0.25) is 0 Å². The summed E-state index contributed by atoms with van der Waals surface area (Å²) in [5, 5.41) is 1.14. The SMILES string of the molecule is O=C1c2cccc(Cl)c2C(=O)N1CCCSC1CCCCC1. The summed E-state index contributed by atoms with van der Waals surface area (Å²) < 4.78 is 0. The summed E-state index contributed by atoms with van der Waals surface area (Å²) in [6.07, 6.45) is 7.53. The van der Waals surface area contributed by atoms with Crippen LogP contribution < -0.4 is 0 Å². The third-order valence-corrected chi connectivity index (χ3v) is 6.16. The number of nitrogens with zero attached hydrogens (tertiary/aromatic N) is 1. The number of carbonyl (C=O) groups is 2. The van der Waals surface area contributed by atoms with Crippen LogP contribution in [0.5, 0.6) is 0 Å². The van der Waals surface area contributed by atoms with Crippen molar-refractivity contribution in [1.82, 2.24) is 4.90 Å². The van der Waals surface area contributed by atoms with Crippen molar-refractivity contribution >= 4 is 35.2 Å². The smallest absolute Gasteiger partial charge is 0.263 e. The molecule has 0 saturated heterocycles. The Hall–Kier alpha value is -1.00. The highest BCUT2D eigenvalue weighted by atomic mass is 35.5. The summed E-state index contributed by atoms with van der Waals surface area (Å²) in [7, 11) is 0. The molecule has 1 heterocycles. The molecule has 0 unspecified atom stereocenters. The van der Waals surface area contributed by atoms with Gasteiger partial charge < -0.3 is 0 Å². The average molecular weight is 338 g/mol. The summed E-state index contributed by atoms with van der Waals surface area (Å²) in [5.41, 5.74) is 0.812. The van der Waals surface area contributed by atoms with Crippen LogP contribution in [0.1, 0.15) is 59.2 Å². The molecule has 0 N–H and O–H groups in total. The first-order valence-electron chi connectivity index (χ1n) is 7.95. The Morgan fingerprint density at radius 2 is 1.91 bits per heavy atom. The molecule has 1 aliphatic heterocycles. The molecular weight excluding hydrogens is 318 g/mol. The van der Waals surface area contributed by atoms with Gasteiger partial charge in [-0.05, 0) is 37.1 Å². The predicted molar refractivity (Wildman–Crippen MR) is 90.8 cm³/mol. The number of carbonyl (C=O) groups excluding carboxylic acids is 2. The second kappa shape index (κ2) is 7.05. The number of rotatable bonds is 5. The molecule has 0 aromatic heterocycles. The number of benzene rings is 1. The molecule has 2 amide bonds. The van der Waals surface area contributed by atoms with Crippen LogP contribution in [-0.4, -0.2) is 34.3 Å². The third-order valence-electron chi connectivity index (χ3n) is 4.38. The highest BCUT2D eigenvalue weighted by molar-refractivity contribution is 7.99. The van der Waals surface area contributed by atoms with Gasteiger partial charge >= 0.3 is 0 Å². The van der Waals surface area contributed by atoms with Crippen LogP contribution >= 0.6 is 23.4 Å². The molecule has 3 rings (SSSR count). The summed E-state index contributed by atoms with van der Waals surface area (Å²) in [4.78, 5) is 26.0. The fraction of sp³-hybridized carbons (Fsp3) is 0.529. The lowest BCUT2D eigenvalue weighted by Crippen LogP contribution is -2.31. The molecule has 2 aliphatic rings. The molecule has 0 atom stereocenters. The van der Waals surface area contributed by atoms with E-state index in [0.717, 1.165) is 17.4 Å². The van der Waals surface area contributed by atoms with E-state index in [1.165, 1.54) is 37.0 Å². The molecule has 3 nitrogen and oxygen atoms in total. The van der Waals surface area contributed by atoms with Crippen LogP contribution in [0.4, 0.5) is 0 Å². The lowest BCUT2D eigenvalue weighted by Gasteiger charge is -2.21. The van der Waals surface area contributed by atoms with E-state index in [1.54, 1.807) is 18.2 Å². The van der Waals surface area contributed by atoms with Gasteiger partial charge in [-0.15, -0.1) is 0 Å². The Morgan fingerprint density at radius 1 is 1.14 bits per heavy atom. The number of thioether (sulfide) groups is 1. The maximum atomic E-state index is 12.3. The normalized spacial score (nSPS) is 18.9. The zero-order valence-corrected chi connectivity index (χ0v) is 14.1. The van der Waals surface area contributed by atoms with Gasteiger partial charge in [0.25, 0.3) is 11.8 Å². The van der Waals surface area contributed by atoms with Gasteiger partial charge in [0.1, 0.15) is 0 Å². The van der Waals surface area contributed by atoms with Crippen LogP contribution in [0.2, 0.25) is 5.02 Å². The highest BCUT2D eigenvalue weighted by Gasteiger charge is 2.36. The van der Waals surface area contributed by atoms with E-state index in [-0.39, 0.29) is 11.8 Å². The summed E-state index contributed by atoms with van der Waals surface area (Å²) >= 11 is 8.05. The number of hydrogen-bond donors (Lipinski definition) is 0. The van der Waals surface area contributed by atoms with Crippen LogP contribution in [0, 0.1) is 0 Å². The molecule has 1 aromatic carbocycles. The van der Waals surface area contributed by atoms with Crippen LogP contribution in [0.3, 0.4) is 0 Å². The standard InChI is InChI=1S/C17H20ClNO2S/c18-14-9-4-8-13-15(14)17(21)19(16(13)20)10-5-11-22-12-6-2-1-3-7-12/h4,8-9,12H,1-3,5-7,10-11H2. The van der Waals surface area contributed by atoms with E-state index in [2.05, 4.69) is 0 Å². The second-order valence-electron chi connectivity index (χ2n) is 5.91. The number of imide groups is 1. The molecule has 1 saturated carbocycles. The molecule has 0 radical (unpaired) electrons. The van der Waals surface area contributed by atoms with E-state index in [1.807, 2.05) is 11.8 Å². The third kappa shape index (κ3) is 3.18. The fourth-order valence-corrected chi connectivity index (χ4v) is 4.75. The second-order valence-corrected chi connectivity index (χ2v) is 7.72. The monoisotopic (exact) mass is 337 g/mol. The first kappa shape index (κ1) is 15.9. The Kier molecular flexibility index (Phi) is 5.09. The van der Waals surface area contributed by atoms with Crippen molar-refractivity contribution in [2.75, 3.05) is 12.3 Å². The molecule has 1 aromatic rings. The Balaban J connectivity index is 1.52. The van der Waals surface area contributed by atoms with Gasteiger partial charge in [-0.2, -0.15) is 11.8 Å². The number of halogens is 1. The van der Waals surface area contributed by atoms with Crippen molar-refractivity contribution < 1.29 is 9.59 Å². The van der Waals surface area contributed by atoms with Crippen molar-refractivity contribution in [2.45, 2.75) is 43.8 Å². The molecule has 1 fully saturated rings. The van der Waals surface area contributed by atoms with Gasteiger partial charge in [0.15, 0.2) is 0 Å². The number of fused-ring (bicyclic) bond motifs is 1. The van der Waals surface area contributed by atoms with Gasteiger partial charge in [-0.25, -0.2) is 0 Å². The number of hydrogen-bond acceptors (Lipinski definition) is 3. The van der Waals surface area contributed by atoms with E-state index in [9.17, 15) is 9.59 Å². The number of amides is 2. The fourth-order valence-electron chi connectivity index (χ4n) is 3.20. The van der Waals surface area contributed by atoms with E-state index >= 15 is 0 Å². The minimum absolute atomic E-state index is 0.204. The Morgan fingerprint density at radius 3 is 2.64 bits per heavy atom. The Bertz CT molecular complexity index is 584. The van der Waals surface area contributed by atoms with Crippen LogP contribution in [-0.2, 0) is 0 Å². The first-order chi connectivity index (χ1) is 10.7. The van der Waals surface area contributed by atoms with Gasteiger partial charge in [-0.3, -0.25) is 14.5 Å². The van der Waals surface area contributed by atoms with Gasteiger partial charge in [0, 0.05) is 11.8 Å². The van der Waals surface area contributed by atoms with E-state index in [0.29, 0.717) is 22.7 Å². The maximum Gasteiger partial charge on any atom is 0.263 e. The van der Waals surface area contributed by atoms with Crippen LogP contribution in [0.25, 0.3) is 0 Å². The molecule has 22 heavy (non-hydrogen) atoms. The quantitative estimate of drug-likeness (QED) is 0.590. The topological polar surface area (TPSA) is 37.4 Å². The largest absolute Gasteiger partial charge is 0.274 e. The van der Waals surface area contributed by atoms with Crippen LogP contribution in [0.15, 0.2) is 18.2 Å². The van der Waals surface area contributed by atoms with Crippen molar-refractivity contribution in [2.24, 2.45) is 0 Å². The van der Waals surface area contributed by atoms with E-state index in [4.69, 9.17) is 11.6 Å². The minimum Gasteiger partial charge on any atom is -0.274 e. The van der Waals surface area contributed by atoms with E-state index < -0.39 is 0 Å². The van der Waals surface area contributed by atoms with Crippen molar-refractivity contribution in [3.05, 3.63) is 34.3 Å². The minimum atomic E-state index is -0.242. The summed E-state index contributed by atoms with van der Waals surface area (Å²) in [6, 6.07) is 5.06. The Labute approximate surface area is 140 Å². The molecule has 0 spiro atoms. The average Bonchev–Trinajstić information content (AvgIpc) is 2.78. The lowest BCUT2D eigenvalue weighted by atomic mass is 10.0. The molecule has 0 bridgehead atoms. The summed E-state index contributed by atoms with van der Waals surface area (Å²) in [6.45, 7) is 0.488. The van der Waals surface area contributed by atoms with Crippen molar-refractivity contribution in [1.29, 1.82) is 0 Å². The van der Waals surface area contributed by atoms with Crippen molar-refractivity contribution in [3.63, 3.8) is 0 Å². The molecule has 5 heteroatoms.